The van der Waals surface area contributed by atoms with Gasteiger partial charge in [0.2, 0.25) is 15.9 Å². The molecule has 1 aliphatic heterocycles. The fourth-order valence-corrected chi connectivity index (χ4v) is 5.55. The predicted octanol–water partition coefficient (Wildman–Crippen LogP) is 3.68. The minimum atomic E-state index is -3.57. The number of amides is 1. The normalized spacial score (nSPS) is 20.0. The number of ether oxygens (including phenoxy) is 1. The number of rotatable bonds is 6. The molecule has 1 N–H and O–H groups in total. The average Bonchev–Trinajstić information content (AvgIpc) is 2.68. The predicted molar refractivity (Wildman–Crippen MR) is 113 cm³/mol. The van der Waals surface area contributed by atoms with Crippen molar-refractivity contribution in [3.8, 4) is 5.75 Å². The fourth-order valence-electron chi connectivity index (χ4n) is 3.87. The number of piperidine rings is 1. The minimum absolute atomic E-state index is 0.00941. The summed E-state index contributed by atoms with van der Waals surface area (Å²) in [6, 6.07) is 10.5. The quantitative estimate of drug-likeness (QED) is 0.753. The van der Waals surface area contributed by atoms with Crippen LogP contribution < -0.4 is 10.1 Å². The number of methoxy groups -OCH3 is 1. The summed E-state index contributed by atoms with van der Waals surface area (Å²) >= 11 is 0. The maximum Gasteiger partial charge on any atom is 0.243 e. The van der Waals surface area contributed by atoms with Crippen molar-refractivity contribution in [2.24, 2.45) is 11.8 Å². The summed E-state index contributed by atoms with van der Waals surface area (Å²) in [5.74, 6) is -0.0873. The summed E-state index contributed by atoms with van der Waals surface area (Å²) < 4.78 is 46.0. The molecule has 1 saturated heterocycles. The van der Waals surface area contributed by atoms with E-state index in [1.54, 1.807) is 18.2 Å². The monoisotopic (exact) mass is 434 g/mol. The molecule has 0 aromatic heterocycles. The van der Waals surface area contributed by atoms with Crippen LogP contribution in [0.3, 0.4) is 0 Å². The first kappa shape index (κ1) is 22.2. The molecule has 0 radical (unpaired) electrons. The lowest BCUT2D eigenvalue weighted by Gasteiger charge is -2.34. The van der Waals surface area contributed by atoms with E-state index < -0.39 is 15.8 Å². The lowest BCUT2D eigenvalue weighted by atomic mass is 9.94. The fraction of sp³-hybridized carbons (Fsp3) is 0.409. The van der Waals surface area contributed by atoms with E-state index in [2.05, 4.69) is 19.2 Å². The first-order valence-electron chi connectivity index (χ1n) is 9.91. The van der Waals surface area contributed by atoms with Crippen molar-refractivity contribution in [1.82, 2.24) is 4.31 Å². The van der Waals surface area contributed by atoms with Gasteiger partial charge in [-0.1, -0.05) is 19.9 Å². The molecule has 0 bridgehead atoms. The summed E-state index contributed by atoms with van der Waals surface area (Å²) in [5, 5.41) is 2.71. The molecule has 2 aromatic rings. The van der Waals surface area contributed by atoms with E-state index in [1.165, 1.54) is 35.7 Å². The van der Waals surface area contributed by atoms with Crippen LogP contribution in [0.15, 0.2) is 47.4 Å². The number of hydrogen-bond acceptors (Lipinski definition) is 4. The van der Waals surface area contributed by atoms with E-state index >= 15 is 0 Å². The number of carbonyl (C=O) groups excluding carboxylic acids is 1. The third kappa shape index (κ3) is 5.17. The van der Waals surface area contributed by atoms with Crippen molar-refractivity contribution in [3.63, 3.8) is 0 Å². The van der Waals surface area contributed by atoms with E-state index in [4.69, 9.17) is 4.74 Å². The topological polar surface area (TPSA) is 75.7 Å². The zero-order valence-corrected chi connectivity index (χ0v) is 18.2. The van der Waals surface area contributed by atoms with Crippen molar-refractivity contribution in [2.75, 3.05) is 25.5 Å². The maximum absolute atomic E-state index is 13.8. The lowest BCUT2D eigenvalue weighted by Crippen LogP contribution is -2.42. The number of hydrogen-bond donors (Lipinski definition) is 1. The van der Waals surface area contributed by atoms with Crippen LogP contribution in [-0.2, 0) is 21.2 Å². The molecule has 1 amide bonds. The Kier molecular flexibility index (Phi) is 6.77. The van der Waals surface area contributed by atoms with Crippen molar-refractivity contribution >= 4 is 21.6 Å². The Hall–Kier alpha value is -2.45. The first-order valence-corrected chi connectivity index (χ1v) is 11.4. The molecule has 30 heavy (non-hydrogen) atoms. The standard InChI is InChI=1S/C22H27FN2O4S/c1-15-10-16(2)14-25(13-15)30(27,28)19-7-5-18(6-8-19)24-22(26)12-17-4-9-21(29-3)20(23)11-17/h4-9,11,15-16H,10,12-14H2,1-3H3,(H,24,26)/t15-,16-/m1/s1. The molecule has 0 saturated carbocycles. The second-order valence-corrected chi connectivity index (χ2v) is 9.92. The van der Waals surface area contributed by atoms with Gasteiger partial charge < -0.3 is 10.1 Å². The van der Waals surface area contributed by atoms with Gasteiger partial charge in [-0.2, -0.15) is 4.31 Å². The number of halogens is 1. The molecule has 1 fully saturated rings. The highest BCUT2D eigenvalue weighted by Crippen LogP contribution is 2.27. The van der Waals surface area contributed by atoms with Gasteiger partial charge in [0, 0.05) is 18.8 Å². The van der Waals surface area contributed by atoms with Crippen molar-refractivity contribution in [1.29, 1.82) is 0 Å². The van der Waals surface area contributed by atoms with Gasteiger partial charge in [0.1, 0.15) is 0 Å². The third-order valence-corrected chi connectivity index (χ3v) is 7.04. The molecule has 1 aliphatic rings. The maximum atomic E-state index is 13.8. The van der Waals surface area contributed by atoms with E-state index in [-0.39, 0.29) is 23.0 Å². The summed E-state index contributed by atoms with van der Waals surface area (Å²) in [5.41, 5.74) is 0.992. The van der Waals surface area contributed by atoms with Crippen LogP contribution in [0.4, 0.5) is 10.1 Å². The number of benzene rings is 2. The van der Waals surface area contributed by atoms with Crippen molar-refractivity contribution in [2.45, 2.75) is 31.6 Å². The van der Waals surface area contributed by atoms with Gasteiger partial charge in [-0.3, -0.25) is 4.79 Å². The van der Waals surface area contributed by atoms with Crippen LogP contribution in [0.25, 0.3) is 0 Å². The van der Waals surface area contributed by atoms with Gasteiger partial charge in [0.05, 0.1) is 18.4 Å². The van der Waals surface area contributed by atoms with Gasteiger partial charge in [0.25, 0.3) is 0 Å². The van der Waals surface area contributed by atoms with Crippen molar-refractivity contribution < 1.29 is 22.3 Å². The Labute approximate surface area is 177 Å². The van der Waals surface area contributed by atoms with E-state index in [0.29, 0.717) is 36.2 Å². The highest BCUT2D eigenvalue weighted by Gasteiger charge is 2.31. The van der Waals surface area contributed by atoms with E-state index in [9.17, 15) is 17.6 Å². The number of nitrogens with one attached hydrogen (secondary N) is 1. The van der Waals surface area contributed by atoms with Gasteiger partial charge in [-0.15, -0.1) is 0 Å². The Morgan fingerprint density at radius 1 is 1.13 bits per heavy atom. The Morgan fingerprint density at radius 2 is 1.77 bits per heavy atom. The van der Waals surface area contributed by atoms with Crippen LogP contribution in [-0.4, -0.2) is 38.8 Å². The summed E-state index contributed by atoms with van der Waals surface area (Å²) in [6.07, 6.45) is 1.01. The first-order chi connectivity index (χ1) is 14.2. The highest BCUT2D eigenvalue weighted by atomic mass is 32.2. The largest absolute Gasteiger partial charge is 0.494 e. The molecule has 0 aliphatic carbocycles. The molecule has 0 spiro atoms. The number of anilines is 1. The van der Waals surface area contributed by atoms with Crippen molar-refractivity contribution in [3.05, 3.63) is 53.8 Å². The minimum Gasteiger partial charge on any atom is -0.494 e. The van der Waals surface area contributed by atoms with E-state index in [1.807, 2.05) is 0 Å². The summed E-state index contributed by atoms with van der Waals surface area (Å²) in [4.78, 5) is 12.5. The SMILES string of the molecule is COc1ccc(CC(=O)Nc2ccc(S(=O)(=O)N3C[C@H](C)C[C@@H](C)C3)cc2)cc1F. The Balaban J connectivity index is 1.65. The number of carbonyl (C=O) groups is 1. The third-order valence-electron chi connectivity index (χ3n) is 5.19. The molecule has 162 valence electrons. The zero-order valence-electron chi connectivity index (χ0n) is 17.4. The molecule has 2 aromatic carbocycles. The molecular weight excluding hydrogens is 407 g/mol. The molecular formula is C22H27FN2O4S. The van der Waals surface area contributed by atoms with Gasteiger partial charge in [0.15, 0.2) is 11.6 Å². The molecule has 8 heteroatoms. The molecule has 0 unspecified atom stereocenters. The zero-order chi connectivity index (χ0) is 21.9. The second kappa shape index (κ2) is 9.14. The van der Waals surface area contributed by atoms with Gasteiger partial charge in [-0.25, -0.2) is 12.8 Å². The highest BCUT2D eigenvalue weighted by molar-refractivity contribution is 7.89. The van der Waals surface area contributed by atoms with Crippen LogP contribution in [0.2, 0.25) is 0 Å². The second-order valence-electron chi connectivity index (χ2n) is 7.99. The Morgan fingerprint density at radius 3 is 2.33 bits per heavy atom. The lowest BCUT2D eigenvalue weighted by molar-refractivity contribution is -0.115. The van der Waals surface area contributed by atoms with Crippen LogP contribution in [0.1, 0.15) is 25.8 Å². The average molecular weight is 435 g/mol. The molecule has 3 rings (SSSR count). The molecule has 6 nitrogen and oxygen atoms in total. The number of sulfonamides is 1. The Bertz CT molecular complexity index is 998. The van der Waals surface area contributed by atoms with Crippen LogP contribution in [0, 0.1) is 17.7 Å². The van der Waals surface area contributed by atoms with Crippen LogP contribution >= 0.6 is 0 Å². The molecule has 2 atom stereocenters. The van der Waals surface area contributed by atoms with E-state index in [0.717, 1.165) is 6.42 Å². The summed E-state index contributed by atoms with van der Waals surface area (Å²) in [6.45, 7) is 5.16. The van der Waals surface area contributed by atoms with Crippen LogP contribution in [0.5, 0.6) is 5.75 Å². The number of nitrogens with zero attached hydrogens (tertiary/aromatic N) is 1. The van der Waals surface area contributed by atoms with Gasteiger partial charge >= 0.3 is 0 Å². The molecule has 1 heterocycles. The van der Waals surface area contributed by atoms with Gasteiger partial charge in [-0.05, 0) is 60.2 Å². The smallest absolute Gasteiger partial charge is 0.243 e. The summed E-state index contributed by atoms with van der Waals surface area (Å²) in [7, 11) is -2.19.